The van der Waals surface area contributed by atoms with Gasteiger partial charge in [0.25, 0.3) is 5.91 Å². The van der Waals surface area contributed by atoms with Crippen molar-refractivity contribution < 1.29 is 41.1 Å². The van der Waals surface area contributed by atoms with Gasteiger partial charge in [-0.25, -0.2) is 21.6 Å². The van der Waals surface area contributed by atoms with E-state index in [-0.39, 0.29) is 6.42 Å². The number of carbonyl (C=O) groups is 4. The minimum absolute atomic E-state index is 0.0326. The van der Waals surface area contributed by atoms with Gasteiger partial charge < -0.3 is 15.3 Å². The summed E-state index contributed by atoms with van der Waals surface area (Å²) in [6, 6.07) is 0. The van der Waals surface area contributed by atoms with Crippen molar-refractivity contribution >= 4 is 55.1 Å². The van der Waals surface area contributed by atoms with Gasteiger partial charge in [-0.3, -0.25) is 19.3 Å². The lowest BCUT2D eigenvalue weighted by atomic mass is 10.0. The highest BCUT2D eigenvalue weighted by Gasteiger charge is 2.51. The van der Waals surface area contributed by atoms with Gasteiger partial charge in [0.05, 0.1) is 28.9 Å². The highest BCUT2D eigenvalue weighted by molar-refractivity contribution is 8.00. The van der Waals surface area contributed by atoms with Gasteiger partial charge in [-0.2, -0.15) is 0 Å². The Kier molecular flexibility index (Phi) is 7.43. The Morgan fingerprint density at radius 3 is 2.03 bits per heavy atom. The third-order valence-electron chi connectivity index (χ3n) is 4.48. The second-order valence-electron chi connectivity index (χ2n) is 7.26. The van der Waals surface area contributed by atoms with Crippen molar-refractivity contribution in [2.75, 3.05) is 37.1 Å². The van der Waals surface area contributed by atoms with Crippen LogP contribution in [-0.4, -0.2) is 103 Å². The van der Waals surface area contributed by atoms with E-state index in [2.05, 4.69) is 5.32 Å². The number of rotatable bonds is 9. The van der Waals surface area contributed by atoms with Crippen molar-refractivity contribution in [1.29, 1.82) is 0 Å². The van der Waals surface area contributed by atoms with Crippen LogP contribution in [0.4, 0.5) is 0 Å². The van der Waals surface area contributed by atoms with Crippen molar-refractivity contribution in [3.63, 3.8) is 0 Å². The molecule has 174 valence electrons. The van der Waals surface area contributed by atoms with E-state index in [9.17, 15) is 41.1 Å². The van der Waals surface area contributed by atoms with E-state index >= 15 is 0 Å². The molecule has 0 aromatic carbocycles. The van der Waals surface area contributed by atoms with Crippen LogP contribution in [-0.2, 0) is 38.9 Å². The van der Waals surface area contributed by atoms with Crippen molar-refractivity contribution in [1.82, 2.24) is 15.1 Å². The third kappa shape index (κ3) is 6.43. The Labute approximate surface area is 183 Å². The first kappa shape index (κ1) is 25.1. The van der Waals surface area contributed by atoms with Gasteiger partial charge in [-0.05, 0) is 0 Å². The molecule has 15 heteroatoms. The lowest BCUT2D eigenvalue weighted by molar-refractivity contribution is -0.146. The number of hydrogen-bond donors (Lipinski definition) is 2. The molecule has 1 fully saturated rings. The maximum absolute atomic E-state index is 13.3. The molecule has 2 N–H and O–H groups in total. The minimum atomic E-state index is -3.53. The molecule has 0 radical (unpaired) electrons. The number of carboxylic acids is 1. The van der Waals surface area contributed by atoms with Crippen LogP contribution in [0.25, 0.3) is 0 Å². The summed E-state index contributed by atoms with van der Waals surface area (Å²) < 4.78 is 46.4. The van der Waals surface area contributed by atoms with Crippen molar-refractivity contribution in [2.24, 2.45) is 0 Å². The fourth-order valence-corrected chi connectivity index (χ4v) is 5.59. The zero-order chi connectivity index (χ0) is 23.7. The highest BCUT2D eigenvalue weighted by atomic mass is 32.2. The van der Waals surface area contributed by atoms with Crippen LogP contribution in [0.2, 0.25) is 0 Å². The normalized spacial score (nSPS) is 21.3. The molecule has 2 rings (SSSR count). The molecular formula is C16H23N3O9S3. The van der Waals surface area contributed by atoms with Gasteiger partial charge in [0.15, 0.2) is 0 Å². The summed E-state index contributed by atoms with van der Waals surface area (Å²) in [7, 11) is -7.06. The Balaban J connectivity index is 2.53. The third-order valence-corrected chi connectivity index (χ3v) is 7.64. The van der Waals surface area contributed by atoms with Gasteiger partial charge in [0.2, 0.25) is 11.8 Å². The summed E-state index contributed by atoms with van der Waals surface area (Å²) in [4.78, 5) is 50.8. The van der Waals surface area contributed by atoms with Crippen molar-refractivity contribution in [3.05, 3.63) is 11.3 Å². The number of thioether (sulfide) groups is 1. The monoisotopic (exact) mass is 497 g/mol. The van der Waals surface area contributed by atoms with E-state index in [0.29, 0.717) is 0 Å². The topological polar surface area (TPSA) is 175 Å². The number of carboxylic acid groups (broad SMARTS) is 1. The average molecular weight is 498 g/mol. The zero-order valence-corrected chi connectivity index (χ0v) is 19.5. The summed E-state index contributed by atoms with van der Waals surface area (Å²) in [5, 5.41) is 10.5. The molecule has 3 amide bonds. The van der Waals surface area contributed by atoms with Crippen LogP contribution in [0.1, 0.15) is 13.3 Å². The maximum atomic E-state index is 13.3. The Hall–Kier alpha value is -2.13. The summed E-state index contributed by atoms with van der Waals surface area (Å²) >= 11 is 1.00. The summed E-state index contributed by atoms with van der Waals surface area (Å²) in [5.41, 5.74) is -1.02. The van der Waals surface area contributed by atoms with E-state index < -0.39 is 90.0 Å². The summed E-state index contributed by atoms with van der Waals surface area (Å²) in [5.74, 6) is -4.56. The van der Waals surface area contributed by atoms with Crippen LogP contribution in [0.5, 0.6) is 0 Å². The minimum Gasteiger partial charge on any atom is -0.477 e. The smallest absolute Gasteiger partial charge is 0.353 e. The molecule has 0 aliphatic carbocycles. The predicted octanol–water partition coefficient (Wildman–Crippen LogP) is -1.99. The molecule has 2 atom stereocenters. The second kappa shape index (κ2) is 9.16. The average Bonchev–Trinajstić information content (AvgIpc) is 2.57. The Morgan fingerprint density at radius 2 is 1.65 bits per heavy atom. The molecule has 0 aromatic rings. The van der Waals surface area contributed by atoms with E-state index in [1.54, 1.807) is 0 Å². The van der Waals surface area contributed by atoms with Crippen LogP contribution in [0.3, 0.4) is 0 Å². The molecule has 0 aromatic heterocycles. The molecule has 12 nitrogen and oxygen atoms in total. The van der Waals surface area contributed by atoms with Crippen LogP contribution < -0.4 is 5.32 Å². The fraction of sp³-hybridized carbons (Fsp3) is 0.625. The lowest BCUT2D eigenvalue weighted by Gasteiger charge is -2.46. The number of amides is 3. The molecule has 0 bridgehead atoms. The van der Waals surface area contributed by atoms with E-state index in [4.69, 9.17) is 0 Å². The highest BCUT2D eigenvalue weighted by Crippen LogP contribution is 2.43. The first-order valence-corrected chi connectivity index (χ1v) is 14.0. The predicted molar refractivity (Wildman–Crippen MR) is 111 cm³/mol. The fourth-order valence-electron chi connectivity index (χ4n) is 3.00. The van der Waals surface area contributed by atoms with E-state index in [1.165, 1.54) is 6.92 Å². The zero-order valence-electron chi connectivity index (χ0n) is 17.0. The second-order valence-corrected chi connectivity index (χ2v) is 13.1. The molecule has 2 aliphatic rings. The van der Waals surface area contributed by atoms with Crippen LogP contribution in [0, 0.1) is 0 Å². The number of sulfone groups is 2. The molecule has 1 unspecified atom stereocenters. The number of β-lactam (4-membered cyclic amide) rings is 1. The molecular weight excluding hydrogens is 474 g/mol. The van der Waals surface area contributed by atoms with Gasteiger partial charge in [-0.1, -0.05) is 0 Å². The van der Waals surface area contributed by atoms with Gasteiger partial charge in [-0.15, -0.1) is 11.8 Å². The molecule has 31 heavy (non-hydrogen) atoms. The quantitative estimate of drug-likeness (QED) is 0.339. The summed E-state index contributed by atoms with van der Waals surface area (Å²) in [6.45, 7) is 0.392. The van der Waals surface area contributed by atoms with Gasteiger partial charge in [0.1, 0.15) is 30.7 Å². The van der Waals surface area contributed by atoms with Crippen LogP contribution in [0.15, 0.2) is 11.3 Å². The number of carbonyl (C=O) groups excluding carboxylic acids is 3. The lowest BCUT2D eigenvalue weighted by Crippen LogP contribution is -2.59. The first-order valence-electron chi connectivity index (χ1n) is 8.97. The Morgan fingerprint density at radius 1 is 1.13 bits per heavy atom. The number of aliphatic carboxylic acids is 1. The van der Waals surface area contributed by atoms with E-state index in [1.807, 2.05) is 0 Å². The SMILES string of the molecule is CC(=O)NC1S[C@H]2CC(=O)N2C(C(=O)O)=C1C(=O)N(CCS(C)(=O)=O)CCS(C)(=O)=O. The van der Waals surface area contributed by atoms with Gasteiger partial charge >= 0.3 is 5.97 Å². The largest absolute Gasteiger partial charge is 0.477 e. The molecule has 0 spiro atoms. The number of fused-ring (bicyclic) bond motifs is 1. The van der Waals surface area contributed by atoms with E-state index in [0.717, 1.165) is 34.1 Å². The molecule has 2 heterocycles. The standard InChI is InChI=1S/C16H23N3O9S3/c1-9(20)17-14-12(13(16(23)24)19-10(21)8-11(19)29-14)15(22)18(4-6-30(2,25)26)5-7-31(3,27)28/h11,14H,4-8H2,1-3H3,(H,17,20)(H,23,24)/t11-,14?/m0/s1. The van der Waals surface area contributed by atoms with Gasteiger partial charge in [0, 0.05) is 32.5 Å². The number of nitrogens with zero attached hydrogens (tertiary/aromatic N) is 2. The summed E-state index contributed by atoms with van der Waals surface area (Å²) in [6.07, 6.45) is 1.91. The number of nitrogens with one attached hydrogen (secondary N) is 1. The maximum Gasteiger partial charge on any atom is 0.353 e. The van der Waals surface area contributed by atoms with Crippen molar-refractivity contribution in [3.8, 4) is 0 Å². The van der Waals surface area contributed by atoms with Crippen molar-refractivity contribution in [2.45, 2.75) is 24.1 Å². The molecule has 2 aliphatic heterocycles. The Bertz CT molecular complexity index is 1010. The molecule has 1 saturated heterocycles. The number of hydrogen-bond acceptors (Lipinski definition) is 9. The first-order chi connectivity index (χ1) is 14.1. The van der Waals surface area contributed by atoms with Crippen LogP contribution >= 0.6 is 11.8 Å². The molecule has 0 saturated carbocycles.